The van der Waals surface area contributed by atoms with E-state index in [4.69, 9.17) is 14.2 Å². The molecule has 3 aromatic carbocycles. The molecule has 3 aliphatic heterocycles. The lowest BCUT2D eigenvalue weighted by Crippen LogP contribution is -2.53. The van der Waals surface area contributed by atoms with E-state index < -0.39 is 20.6 Å². The van der Waals surface area contributed by atoms with Gasteiger partial charge in [-0.15, -0.1) is 0 Å². The maximum Gasteiger partial charge on any atom is 0.306 e. The first-order chi connectivity index (χ1) is 20.7. The topological polar surface area (TPSA) is 94.2 Å². The number of para-hydroxylation sites is 1. The molecular weight excluding hydrogens is 564 g/mol. The Hall–Kier alpha value is -3.40. The molecule has 9 heteroatoms. The number of carbonyl (C=O) groups is 1. The van der Waals surface area contributed by atoms with Crippen LogP contribution in [0.25, 0.3) is 0 Å². The number of sulfone groups is 1. The van der Waals surface area contributed by atoms with Gasteiger partial charge in [0.2, 0.25) is 0 Å². The zero-order valence-corrected chi connectivity index (χ0v) is 25.7. The van der Waals surface area contributed by atoms with Gasteiger partial charge in [-0.2, -0.15) is 0 Å². The number of esters is 1. The molecule has 6 rings (SSSR count). The van der Waals surface area contributed by atoms with E-state index in [0.29, 0.717) is 39.4 Å². The molecule has 0 aromatic heterocycles. The van der Waals surface area contributed by atoms with Crippen molar-refractivity contribution >= 4 is 21.5 Å². The van der Waals surface area contributed by atoms with Gasteiger partial charge in [0.15, 0.2) is 9.84 Å². The van der Waals surface area contributed by atoms with Crippen molar-refractivity contribution in [3.05, 3.63) is 95.1 Å². The summed E-state index contributed by atoms with van der Waals surface area (Å²) in [5, 5.41) is 2.82. The number of fused-ring (bicyclic) bond motifs is 2. The molecule has 3 aliphatic rings. The van der Waals surface area contributed by atoms with Gasteiger partial charge in [0.1, 0.15) is 17.7 Å². The summed E-state index contributed by atoms with van der Waals surface area (Å²) < 4.78 is 43.3. The molecule has 43 heavy (non-hydrogen) atoms. The second-order valence-corrected chi connectivity index (χ2v) is 14.2. The van der Waals surface area contributed by atoms with E-state index in [9.17, 15) is 13.2 Å². The summed E-state index contributed by atoms with van der Waals surface area (Å²) in [6.45, 7) is 5.75. The van der Waals surface area contributed by atoms with Gasteiger partial charge in [-0.05, 0) is 73.3 Å². The molecule has 0 unspecified atom stereocenters. The minimum Gasteiger partial charge on any atom is -0.489 e. The molecule has 0 saturated carbocycles. The minimum absolute atomic E-state index is 0.207. The van der Waals surface area contributed by atoms with Gasteiger partial charge >= 0.3 is 5.97 Å². The molecule has 3 heterocycles. The van der Waals surface area contributed by atoms with Crippen LogP contribution in [0.4, 0.5) is 5.69 Å². The first-order valence-corrected chi connectivity index (χ1v) is 17.0. The average Bonchev–Trinajstić information content (AvgIpc) is 3.24. The van der Waals surface area contributed by atoms with E-state index >= 15 is 0 Å². The first-order valence-electron chi connectivity index (χ1n) is 15.0. The molecule has 1 atom stereocenters. The van der Waals surface area contributed by atoms with Gasteiger partial charge < -0.3 is 24.4 Å². The Kier molecular flexibility index (Phi) is 8.24. The number of anilines is 1. The van der Waals surface area contributed by atoms with E-state index in [0.717, 1.165) is 59.6 Å². The lowest BCUT2D eigenvalue weighted by atomic mass is 9.74. The van der Waals surface area contributed by atoms with Gasteiger partial charge in [0, 0.05) is 23.9 Å². The standard InChI is InChI=1S/C34H40N2O6S/c1-3-41-31(37)20-33(23-40-24-33)27-12-14-28(15-13-27)42-22-26-10-8-25(9-11-26)21-36-30-7-5-4-6-29(30)34(16-18-35-19-17-34)32(36)43(2,38)39/h4-15,32,35H,3,16-24H2,1-2H3/t32-/m1/s1. The summed E-state index contributed by atoms with van der Waals surface area (Å²) in [5.74, 6) is 0.539. The van der Waals surface area contributed by atoms with E-state index in [-0.39, 0.29) is 11.4 Å². The molecule has 0 bridgehead atoms. The van der Waals surface area contributed by atoms with Gasteiger partial charge in [-0.25, -0.2) is 8.42 Å². The van der Waals surface area contributed by atoms with E-state index in [2.05, 4.69) is 34.5 Å². The lowest BCUT2D eigenvalue weighted by Gasteiger charge is -2.41. The maximum absolute atomic E-state index is 13.3. The Morgan fingerprint density at radius 2 is 1.65 bits per heavy atom. The predicted octanol–water partition coefficient (Wildman–Crippen LogP) is 4.50. The molecule has 2 fully saturated rings. The molecular formula is C34H40N2O6S. The van der Waals surface area contributed by atoms with Crippen LogP contribution in [0.2, 0.25) is 0 Å². The summed E-state index contributed by atoms with van der Waals surface area (Å²) in [6, 6.07) is 24.3. The van der Waals surface area contributed by atoms with Crippen LogP contribution in [0.5, 0.6) is 5.75 Å². The Labute approximate surface area is 254 Å². The highest BCUT2D eigenvalue weighted by Gasteiger charge is 2.55. The van der Waals surface area contributed by atoms with Crippen LogP contribution < -0.4 is 15.0 Å². The van der Waals surface area contributed by atoms with E-state index in [1.54, 1.807) is 0 Å². The minimum atomic E-state index is -3.37. The Bertz CT molecular complexity index is 1540. The van der Waals surface area contributed by atoms with E-state index in [1.807, 2.05) is 55.5 Å². The molecule has 2 saturated heterocycles. The fourth-order valence-electron chi connectivity index (χ4n) is 7.12. The van der Waals surface area contributed by atoms with Crippen molar-refractivity contribution in [3.63, 3.8) is 0 Å². The van der Waals surface area contributed by atoms with Crippen LogP contribution >= 0.6 is 0 Å². The van der Waals surface area contributed by atoms with Crippen molar-refractivity contribution in [3.8, 4) is 5.75 Å². The van der Waals surface area contributed by atoms with Crippen molar-refractivity contribution in [1.29, 1.82) is 0 Å². The largest absolute Gasteiger partial charge is 0.489 e. The highest BCUT2D eigenvalue weighted by Crippen LogP contribution is 2.52. The molecule has 1 N–H and O–H groups in total. The highest BCUT2D eigenvalue weighted by molar-refractivity contribution is 7.91. The van der Waals surface area contributed by atoms with Crippen molar-refractivity contribution in [2.45, 2.75) is 55.5 Å². The number of nitrogens with one attached hydrogen (secondary N) is 1. The maximum atomic E-state index is 13.3. The van der Waals surface area contributed by atoms with E-state index in [1.165, 1.54) is 6.26 Å². The molecule has 3 aromatic rings. The van der Waals surface area contributed by atoms with Crippen molar-refractivity contribution in [1.82, 2.24) is 5.32 Å². The summed E-state index contributed by atoms with van der Waals surface area (Å²) in [4.78, 5) is 14.2. The van der Waals surface area contributed by atoms with Crippen molar-refractivity contribution < 1.29 is 27.4 Å². The zero-order valence-electron chi connectivity index (χ0n) is 24.9. The Morgan fingerprint density at radius 3 is 2.28 bits per heavy atom. The van der Waals surface area contributed by atoms with Crippen molar-refractivity contribution in [2.75, 3.05) is 44.1 Å². The van der Waals surface area contributed by atoms with Crippen LogP contribution in [0.15, 0.2) is 72.8 Å². The lowest BCUT2D eigenvalue weighted by molar-refractivity contribution is -0.151. The normalized spacial score (nSPS) is 20.3. The van der Waals surface area contributed by atoms with Gasteiger partial charge in [0.25, 0.3) is 0 Å². The molecule has 0 aliphatic carbocycles. The smallest absolute Gasteiger partial charge is 0.306 e. The zero-order chi connectivity index (χ0) is 30.1. The SMILES string of the molecule is CCOC(=O)CC1(c2ccc(OCc3ccc(CN4c5ccccc5C5(CCNCC5)[C@H]4S(C)(=O)=O)cc3)cc2)COC1. The van der Waals surface area contributed by atoms with Crippen LogP contribution in [-0.4, -0.2) is 58.9 Å². The Balaban J connectivity index is 1.13. The molecule has 8 nitrogen and oxygen atoms in total. The second kappa shape index (κ2) is 11.9. The number of ether oxygens (including phenoxy) is 3. The number of nitrogens with zero attached hydrogens (tertiary/aromatic N) is 1. The highest BCUT2D eigenvalue weighted by atomic mass is 32.2. The number of rotatable bonds is 10. The van der Waals surface area contributed by atoms with Gasteiger partial charge in [-0.3, -0.25) is 4.79 Å². The number of piperidine rings is 1. The van der Waals surface area contributed by atoms with Crippen LogP contribution in [0.1, 0.15) is 48.4 Å². The third-order valence-corrected chi connectivity index (χ3v) is 10.7. The predicted molar refractivity (Wildman–Crippen MR) is 166 cm³/mol. The number of hydrogen-bond donors (Lipinski definition) is 1. The van der Waals surface area contributed by atoms with Crippen LogP contribution in [0, 0.1) is 0 Å². The Morgan fingerprint density at radius 1 is 0.977 bits per heavy atom. The van der Waals surface area contributed by atoms with Gasteiger partial charge in [-0.1, -0.05) is 54.6 Å². The fourth-order valence-corrected chi connectivity index (χ4v) is 8.95. The third-order valence-electron chi connectivity index (χ3n) is 9.20. The second-order valence-electron chi connectivity index (χ2n) is 12.1. The average molecular weight is 605 g/mol. The van der Waals surface area contributed by atoms with Crippen LogP contribution in [0.3, 0.4) is 0 Å². The number of benzene rings is 3. The summed E-state index contributed by atoms with van der Waals surface area (Å²) >= 11 is 0. The first kappa shape index (κ1) is 29.7. The summed E-state index contributed by atoms with van der Waals surface area (Å²) in [5.41, 5.74) is 4.56. The summed E-state index contributed by atoms with van der Waals surface area (Å²) in [6.07, 6.45) is 3.29. The van der Waals surface area contributed by atoms with Crippen molar-refractivity contribution in [2.24, 2.45) is 0 Å². The number of carbonyl (C=O) groups excluding carboxylic acids is 1. The summed E-state index contributed by atoms with van der Waals surface area (Å²) in [7, 11) is -3.37. The van der Waals surface area contributed by atoms with Gasteiger partial charge in [0.05, 0.1) is 31.7 Å². The molecule has 1 spiro atoms. The third kappa shape index (κ3) is 5.78. The molecule has 0 amide bonds. The fraction of sp³-hybridized carbons (Fsp3) is 0.441. The quantitative estimate of drug-likeness (QED) is 0.338. The van der Waals surface area contributed by atoms with Crippen LogP contribution in [-0.2, 0) is 48.1 Å². The molecule has 0 radical (unpaired) electrons. The number of hydrogen-bond acceptors (Lipinski definition) is 8. The monoisotopic (exact) mass is 604 g/mol. The molecule has 228 valence electrons.